The van der Waals surface area contributed by atoms with Gasteiger partial charge in [-0.2, -0.15) is 5.10 Å². The van der Waals surface area contributed by atoms with Gasteiger partial charge in [-0.1, -0.05) is 18.5 Å². The van der Waals surface area contributed by atoms with Gasteiger partial charge in [0.1, 0.15) is 5.69 Å². The molecule has 1 heterocycles. The number of nitro benzene ring substituents is 1. The molecule has 0 aliphatic heterocycles. The Hall–Kier alpha value is -2.48. The zero-order chi connectivity index (χ0) is 14.9. The number of halogens is 1. The number of nitro groups is 2. The topological polar surface area (TPSA) is 104 Å². The van der Waals surface area contributed by atoms with Crippen LogP contribution in [0.15, 0.2) is 24.3 Å². The van der Waals surface area contributed by atoms with E-state index in [-0.39, 0.29) is 22.2 Å². The second-order valence-corrected chi connectivity index (χ2v) is 4.24. The van der Waals surface area contributed by atoms with Crippen LogP contribution in [0.25, 0.3) is 5.69 Å². The molecule has 1 aromatic carbocycles. The molecule has 0 N–H and O–H groups in total. The van der Waals surface area contributed by atoms with Crippen LogP contribution in [0.5, 0.6) is 0 Å². The normalized spacial score (nSPS) is 10.5. The Balaban J connectivity index is 2.53. The summed E-state index contributed by atoms with van der Waals surface area (Å²) in [6, 6.07) is 5.43. The predicted octanol–water partition coefficient (Wildman–Crippen LogP) is 2.90. The molecule has 0 radical (unpaired) electrons. The molecule has 2 aromatic rings. The van der Waals surface area contributed by atoms with Crippen LogP contribution < -0.4 is 0 Å². The number of hydrogen-bond acceptors (Lipinski definition) is 5. The highest BCUT2D eigenvalue weighted by molar-refractivity contribution is 6.32. The molecule has 9 heteroatoms. The van der Waals surface area contributed by atoms with Crippen molar-refractivity contribution < 1.29 is 9.85 Å². The van der Waals surface area contributed by atoms with Crippen LogP contribution >= 0.6 is 11.6 Å². The molecule has 0 aliphatic carbocycles. The minimum absolute atomic E-state index is 0.0813. The number of nitrogens with zero attached hydrogens (tertiary/aromatic N) is 4. The van der Waals surface area contributed by atoms with E-state index in [1.165, 1.54) is 28.9 Å². The maximum absolute atomic E-state index is 11.0. The van der Waals surface area contributed by atoms with Crippen LogP contribution in [-0.2, 0) is 6.42 Å². The van der Waals surface area contributed by atoms with Gasteiger partial charge in [0.2, 0.25) is 5.15 Å². The average Bonchev–Trinajstić information content (AvgIpc) is 2.75. The van der Waals surface area contributed by atoms with Crippen molar-refractivity contribution in [3.8, 4) is 5.69 Å². The summed E-state index contributed by atoms with van der Waals surface area (Å²) in [5.74, 6) is 0. The summed E-state index contributed by atoms with van der Waals surface area (Å²) in [5, 5.41) is 25.5. The Labute approximate surface area is 117 Å². The van der Waals surface area contributed by atoms with E-state index < -0.39 is 9.85 Å². The fraction of sp³-hybridized carbons (Fsp3) is 0.182. The van der Waals surface area contributed by atoms with Crippen molar-refractivity contribution >= 4 is 23.0 Å². The molecule has 8 nitrogen and oxygen atoms in total. The van der Waals surface area contributed by atoms with Gasteiger partial charge in [0, 0.05) is 12.1 Å². The molecule has 0 unspecified atom stereocenters. The average molecular weight is 297 g/mol. The SMILES string of the molecule is CCc1nn(-c2ccc([N+](=O)[O-])cc2)c(Cl)c1[N+](=O)[O-]. The monoisotopic (exact) mass is 296 g/mol. The number of aryl methyl sites for hydroxylation is 1. The van der Waals surface area contributed by atoms with Crippen molar-refractivity contribution in [3.63, 3.8) is 0 Å². The van der Waals surface area contributed by atoms with E-state index in [1.54, 1.807) is 6.92 Å². The zero-order valence-electron chi connectivity index (χ0n) is 10.3. The maximum atomic E-state index is 11.0. The minimum atomic E-state index is -0.587. The summed E-state index contributed by atoms with van der Waals surface area (Å²) >= 11 is 5.97. The van der Waals surface area contributed by atoms with Crippen LogP contribution in [0.2, 0.25) is 5.15 Å². The van der Waals surface area contributed by atoms with Crippen LogP contribution in [0.1, 0.15) is 12.6 Å². The first-order valence-electron chi connectivity index (χ1n) is 5.62. The van der Waals surface area contributed by atoms with Crippen molar-refractivity contribution in [3.05, 3.63) is 55.3 Å². The summed E-state index contributed by atoms with van der Waals surface area (Å²) in [5.41, 5.74) is 0.358. The molecule has 0 saturated heterocycles. The largest absolute Gasteiger partial charge is 0.329 e. The second-order valence-electron chi connectivity index (χ2n) is 3.88. The minimum Gasteiger partial charge on any atom is -0.258 e. The van der Waals surface area contributed by atoms with E-state index in [1.807, 2.05) is 0 Å². The van der Waals surface area contributed by atoms with Crippen molar-refractivity contribution in [2.24, 2.45) is 0 Å². The number of non-ortho nitro benzene ring substituents is 1. The van der Waals surface area contributed by atoms with Gasteiger partial charge in [-0.05, 0) is 18.6 Å². The highest BCUT2D eigenvalue weighted by atomic mass is 35.5. The van der Waals surface area contributed by atoms with Crippen molar-refractivity contribution in [2.45, 2.75) is 13.3 Å². The van der Waals surface area contributed by atoms with E-state index in [0.29, 0.717) is 12.1 Å². The Morgan fingerprint density at radius 1 is 1.20 bits per heavy atom. The molecule has 0 fully saturated rings. The standard InChI is InChI=1S/C11H9ClN4O4/c1-2-9-10(16(19)20)11(12)14(13-9)7-3-5-8(6-4-7)15(17)18/h3-6H,2H2,1H3. The molecule has 0 saturated carbocycles. The van der Waals surface area contributed by atoms with Gasteiger partial charge in [-0.3, -0.25) is 20.2 Å². The fourth-order valence-corrected chi connectivity index (χ4v) is 2.05. The molecule has 0 spiro atoms. The van der Waals surface area contributed by atoms with Gasteiger partial charge in [0.15, 0.2) is 0 Å². The van der Waals surface area contributed by atoms with E-state index in [9.17, 15) is 20.2 Å². The smallest absolute Gasteiger partial charge is 0.258 e. The lowest BCUT2D eigenvalue weighted by molar-refractivity contribution is -0.385. The Morgan fingerprint density at radius 2 is 1.80 bits per heavy atom. The molecular weight excluding hydrogens is 288 g/mol. The van der Waals surface area contributed by atoms with Crippen molar-refractivity contribution in [1.29, 1.82) is 0 Å². The third kappa shape index (κ3) is 2.32. The van der Waals surface area contributed by atoms with Crippen LogP contribution in [0.4, 0.5) is 11.4 Å². The molecule has 1 aromatic heterocycles. The van der Waals surface area contributed by atoms with Crippen LogP contribution in [0, 0.1) is 20.2 Å². The van der Waals surface area contributed by atoms with E-state index in [0.717, 1.165) is 0 Å². The number of aromatic nitrogens is 2. The zero-order valence-corrected chi connectivity index (χ0v) is 11.1. The third-order valence-corrected chi connectivity index (χ3v) is 3.04. The summed E-state index contributed by atoms with van der Waals surface area (Å²) in [6.07, 6.45) is 0.357. The first kappa shape index (κ1) is 13.9. The van der Waals surface area contributed by atoms with Crippen molar-refractivity contribution in [1.82, 2.24) is 9.78 Å². The predicted molar refractivity (Wildman–Crippen MR) is 71.3 cm³/mol. The molecular formula is C11H9ClN4O4. The highest BCUT2D eigenvalue weighted by Crippen LogP contribution is 2.31. The molecule has 2 rings (SSSR count). The van der Waals surface area contributed by atoms with E-state index >= 15 is 0 Å². The Bertz CT molecular complexity index is 680. The van der Waals surface area contributed by atoms with Gasteiger partial charge in [-0.25, -0.2) is 4.68 Å². The molecule has 0 bridgehead atoms. The van der Waals surface area contributed by atoms with Crippen LogP contribution in [-0.4, -0.2) is 19.6 Å². The summed E-state index contributed by atoms with van der Waals surface area (Å²) in [7, 11) is 0. The maximum Gasteiger partial charge on any atom is 0.329 e. The first-order valence-corrected chi connectivity index (χ1v) is 6.00. The Kier molecular flexibility index (Phi) is 3.66. The molecule has 0 atom stereocenters. The van der Waals surface area contributed by atoms with Gasteiger partial charge >= 0.3 is 5.69 Å². The van der Waals surface area contributed by atoms with Gasteiger partial charge < -0.3 is 0 Å². The van der Waals surface area contributed by atoms with Crippen LogP contribution in [0.3, 0.4) is 0 Å². The fourth-order valence-electron chi connectivity index (χ4n) is 1.74. The van der Waals surface area contributed by atoms with Crippen molar-refractivity contribution in [2.75, 3.05) is 0 Å². The Morgan fingerprint density at radius 3 is 2.20 bits per heavy atom. The lowest BCUT2D eigenvalue weighted by Crippen LogP contribution is -1.98. The van der Waals surface area contributed by atoms with E-state index in [2.05, 4.69) is 5.10 Å². The second kappa shape index (κ2) is 5.25. The molecule has 104 valence electrons. The lowest BCUT2D eigenvalue weighted by atomic mass is 10.3. The summed E-state index contributed by atoms with van der Waals surface area (Å²) in [6.45, 7) is 1.73. The molecule has 0 aliphatic rings. The number of hydrogen-bond donors (Lipinski definition) is 0. The highest BCUT2D eigenvalue weighted by Gasteiger charge is 2.26. The van der Waals surface area contributed by atoms with Gasteiger partial charge in [0.05, 0.1) is 15.5 Å². The molecule has 20 heavy (non-hydrogen) atoms. The van der Waals surface area contributed by atoms with Gasteiger partial charge in [0.25, 0.3) is 5.69 Å². The van der Waals surface area contributed by atoms with E-state index in [4.69, 9.17) is 11.6 Å². The lowest BCUT2D eigenvalue weighted by Gasteiger charge is -2.01. The number of rotatable bonds is 4. The van der Waals surface area contributed by atoms with Gasteiger partial charge in [-0.15, -0.1) is 0 Å². The number of benzene rings is 1. The summed E-state index contributed by atoms with van der Waals surface area (Å²) in [4.78, 5) is 20.4. The summed E-state index contributed by atoms with van der Waals surface area (Å²) < 4.78 is 1.20. The molecule has 0 amide bonds. The quantitative estimate of drug-likeness (QED) is 0.637. The third-order valence-electron chi connectivity index (χ3n) is 2.70. The first-order chi connectivity index (χ1) is 9.45.